The van der Waals surface area contributed by atoms with Gasteiger partial charge in [0.1, 0.15) is 17.4 Å². The maximum absolute atomic E-state index is 13.1. The number of nitrogens with zero attached hydrogens (tertiary/aromatic N) is 4. The van der Waals surface area contributed by atoms with E-state index in [0.29, 0.717) is 39.6 Å². The molecule has 0 amide bonds. The van der Waals surface area contributed by atoms with E-state index in [4.69, 9.17) is 9.41 Å². The predicted octanol–water partition coefficient (Wildman–Crippen LogP) is 5.75. The van der Waals surface area contributed by atoms with Crippen LogP contribution >= 0.6 is 11.8 Å². The van der Waals surface area contributed by atoms with E-state index in [-0.39, 0.29) is 5.92 Å². The van der Waals surface area contributed by atoms with Crippen LogP contribution in [0.3, 0.4) is 0 Å². The first kappa shape index (κ1) is 25.4. The molecule has 1 N–H and O–H groups in total. The predicted molar refractivity (Wildman–Crippen MR) is 127 cm³/mol. The molecule has 0 saturated heterocycles. The van der Waals surface area contributed by atoms with Crippen molar-refractivity contribution < 1.29 is 17.6 Å². The highest BCUT2D eigenvalue weighted by Crippen LogP contribution is 2.33. The zero-order valence-corrected chi connectivity index (χ0v) is 19.2. The van der Waals surface area contributed by atoms with Gasteiger partial charge in [-0.05, 0) is 30.7 Å². The number of thioether (sulfide) groups is 1. The molecular formula is C22H26F3N5OS. The van der Waals surface area contributed by atoms with Crippen molar-refractivity contribution in [2.24, 2.45) is 26.0 Å². The van der Waals surface area contributed by atoms with Gasteiger partial charge in [0.05, 0.1) is 17.0 Å². The summed E-state index contributed by atoms with van der Waals surface area (Å²) in [5.41, 5.74) is 3.00. The number of benzene rings is 1. The van der Waals surface area contributed by atoms with Crippen LogP contribution in [0.4, 0.5) is 13.2 Å². The molecule has 1 unspecified atom stereocenters. The molecule has 0 radical (unpaired) electrons. The second-order valence-electron chi connectivity index (χ2n) is 6.78. The van der Waals surface area contributed by atoms with E-state index in [1.807, 2.05) is 13.8 Å². The lowest BCUT2D eigenvalue weighted by Gasteiger charge is -2.12. The summed E-state index contributed by atoms with van der Waals surface area (Å²) in [6, 6.07) is 8.43. The van der Waals surface area contributed by atoms with Gasteiger partial charge in [-0.25, -0.2) is 4.99 Å². The summed E-state index contributed by atoms with van der Waals surface area (Å²) in [5, 5.41) is 4.13. The lowest BCUT2D eigenvalue weighted by atomic mass is 10.0. The molecule has 2 aromatic rings. The van der Waals surface area contributed by atoms with Crippen molar-refractivity contribution in [3.8, 4) is 11.3 Å². The van der Waals surface area contributed by atoms with E-state index in [9.17, 15) is 13.2 Å². The van der Waals surface area contributed by atoms with Crippen molar-refractivity contribution in [1.82, 2.24) is 5.43 Å². The first-order valence-corrected chi connectivity index (χ1v) is 10.8. The van der Waals surface area contributed by atoms with Gasteiger partial charge in [-0.1, -0.05) is 37.7 Å². The molecule has 32 heavy (non-hydrogen) atoms. The number of hydrogen-bond acceptors (Lipinski definition) is 5. The van der Waals surface area contributed by atoms with Gasteiger partial charge in [0.25, 0.3) is 0 Å². The Morgan fingerprint density at radius 1 is 1.19 bits per heavy atom. The molecule has 10 heteroatoms. The van der Waals surface area contributed by atoms with Gasteiger partial charge in [0, 0.05) is 32.3 Å². The quantitative estimate of drug-likeness (QED) is 0.321. The lowest BCUT2D eigenvalue weighted by molar-refractivity contribution is -0.137. The number of nitrogens with one attached hydrogen (secondary N) is 1. The molecule has 0 aliphatic carbocycles. The van der Waals surface area contributed by atoms with E-state index in [1.165, 1.54) is 17.8 Å². The summed E-state index contributed by atoms with van der Waals surface area (Å²) in [4.78, 5) is 13.0. The fourth-order valence-electron chi connectivity index (χ4n) is 2.70. The Morgan fingerprint density at radius 3 is 2.53 bits per heavy atom. The van der Waals surface area contributed by atoms with Crippen molar-refractivity contribution in [3.63, 3.8) is 0 Å². The standard InChI is InChI=1S/C22H26F3N5OS/c1-6-14(2)20(29-21(27-4)32-13-19(26-3)30-28-5)18-11-10-17(31-18)15-8-7-9-16(12-15)22(23,24)25/h7-12,14H,5-6,13H2,1-4H3,(H,26,30). The molecule has 6 nitrogen and oxygen atoms in total. The van der Waals surface area contributed by atoms with Crippen LogP contribution in [0.25, 0.3) is 11.3 Å². The van der Waals surface area contributed by atoms with Crippen LogP contribution in [0.1, 0.15) is 31.6 Å². The Morgan fingerprint density at radius 2 is 1.94 bits per heavy atom. The second-order valence-corrected chi connectivity index (χ2v) is 7.73. The molecule has 0 spiro atoms. The van der Waals surface area contributed by atoms with Gasteiger partial charge in [-0.3, -0.25) is 15.4 Å². The van der Waals surface area contributed by atoms with Crippen molar-refractivity contribution in [2.75, 3.05) is 19.8 Å². The van der Waals surface area contributed by atoms with Crippen LogP contribution in [0.5, 0.6) is 0 Å². The van der Waals surface area contributed by atoms with Crippen LogP contribution in [0.2, 0.25) is 0 Å². The molecule has 0 aliphatic heterocycles. The zero-order valence-electron chi connectivity index (χ0n) is 18.4. The Hall–Kier alpha value is -2.88. The van der Waals surface area contributed by atoms with E-state index in [2.05, 4.69) is 27.2 Å². The monoisotopic (exact) mass is 465 g/mol. The normalized spacial score (nSPS) is 14.4. The van der Waals surface area contributed by atoms with Crippen molar-refractivity contribution in [2.45, 2.75) is 26.4 Å². The van der Waals surface area contributed by atoms with E-state index in [0.717, 1.165) is 18.6 Å². The molecule has 0 saturated carbocycles. The number of hydrazone groups is 1. The number of halogens is 3. The third-order valence-electron chi connectivity index (χ3n) is 4.64. The number of furan rings is 1. The summed E-state index contributed by atoms with van der Waals surface area (Å²) >= 11 is 1.37. The fraction of sp³-hybridized carbons (Fsp3) is 0.364. The molecule has 172 valence electrons. The highest BCUT2D eigenvalue weighted by Gasteiger charge is 2.30. The second kappa shape index (κ2) is 11.7. The Kier molecular flexibility index (Phi) is 9.25. The van der Waals surface area contributed by atoms with E-state index >= 15 is 0 Å². The van der Waals surface area contributed by atoms with Crippen molar-refractivity contribution in [1.29, 1.82) is 0 Å². The highest BCUT2D eigenvalue weighted by molar-refractivity contribution is 8.14. The van der Waals surface area contributed by atoms with Gasteiger partial charge in [-0.2, -0.15) is 18.3 Å². The molecule has 1 aromatic carbocycles. The average Bonchev–Trinajstić information content (AvgIpc) is 3.27. The summed E-state index contributed by atoms with van der Waals surface area (Å²) in [6.07, 6.45) is -3.63. The number of hydrogen-bond donors (Lipinski definition) is 1. The Labute approximate surface area is 189 Å². The molecule has 0 fully saturated rings. The maximum Gasteiger partial charge on any atom is 0.416 e. The smallest absolute Gasteiger partial charge is 0.416 e. The summed E-state index contributed by atoms with van der Waals surface area (Å²) in [5.74, 6) is 1.96. The highest BCUT2D eigenvalue weighted by atomic mass is 32.2. The summed E-state index contributed by atoms with van der Waals surface area (Å²) in [7, 11) is 3.28. The minimum Gasteiger partial charge on any atom is -0.455 e. The van der Waals surface area contributed by atoms with Gasteiger partial charge in [0.2, 0.25) is 0 Å². The largest absolute Gasteiger partial charge is 0.455 e. The van der Waals surface area contributed by atoms with Crippen molar-refractivity contribution >= 4 is 35.2 Å². The minimum atomic E-state index is -4.42. The zero-order chi connectivity index (χ0) is 23.7. The van der Waals surface area contributed by atoms with Crippen LogP contribution in [-0.4, -0.2) is 43.3 Å². The molecule has 1 atom stereocenters. The third-order valence-corrected chi connectivity index (χ3v) is 5.59. The van der Waals surface area contributed by atoms with Gasteiger partial charge < -0.3 is 4.42 Å². The number of alkyl halides is 3. The molecule has 0 aliphatic rings. The van der Waals surface area contributed by atoms with Crippen LogP contribution in [0.15, 0.2) is 60.9 Å². The first-order chi connectivity index (χ1) is 15.2. The summed E-state index contributed by atoms with van der Waals surface area (Å²) < 4.78 is 45.1. The van der Waals surface area contributed by atoms with Crippen LogP contribution < -0.4 is 5.43 Å². The van der Waals surface area contributed by atoms with E-state index < -0.39 is 11.7 Å². The number of rotatable bonds is 7. The number of aliphatic imine (C=N–C) groups is 3. The van der Waals surface area contributed by atoms with Crippen molar-refractivity contribution in [3.05, 3.63) is 47.7 Å². The van der Waals surface area contributed by atoms with Gasteiger partial charge in [-0.15, -0.1) is 0 Å². The Balaban J connectivity index is 2.35. The van der Waals surface area contributed by atoms with Crippen LogP contribution in [-0.2, 0) is 6.18 Å². The summed E-state index contributed by atoms with van der Waals surface area (Å²) in [6.45, 7) is 7.41. The van der Waals surface area contributed by atoms with Gasteiger partial charge in [0.15, 0.2) is 5.17 Å². The molecule has 1 aromatic heterocycles. The Bertz CT molecular complexity index is 1010. The lowest BCUT2D eigenvalue weighted by Crippen LogP contribution is -2.20. The fourth-order valence-corrected chi connectivity index (χ4v) is 3.45. The third kappa shape index (κ3) is 6.81. The SMILES string of the molecule is C=NNC(CSC(=NC)N=C(c1ccc(-c2cccc(C(F)(F)F)c2)o1)C(C)CC)=NC. The van der Waals surface area contributed by atoms with Crippen LogP contribution in [0, 0.1) is 5.92 Å². The first-order valence-electron chi connectivity index (χ1n) is 9.86. The van der Waals surface area contributed by atoms with Gasteiger partial charge >= 0.3 is 6.18 Å². The average molecular weight is 466 g/mol. The molecule has 2 rings (SSSR count). The maximum atomic E-state index is 13.1. The topological polar surface area (TPSA) is 74.6 Å². The van der Waals surface area contributed by atoms with E-state index in [1.54, 1.807) is 32.3 Å². The molecule has 0 bridgehead atoms. The molecule has 1 heterocycles. The molecular weight excluding hydrogens is 439 g/mol. The number of amidine groups is 2. The minimum absolute atomic E-state index is 0.0418.